The lowest BCUT2D eigenvalue weighted by Gasteiger charge is -2.29. The van der Waals surface area contributed by atoms with Gasteiger partial charge >= 0.3 is 5.97 Å². The first-order chi connectivity index (χ1) is 14.6. The highest BCUT2D eigenvalue weighted by molar-refractivity contribution is 5.93. The van der Waals surface area contributed by atoms with Crippen molar-refractivity contribution < 1.29 is 24.3 Å². The topological polar surface area (TPSA) is 206 Å². The van der Waals surface area contributed by atoms with E-state index in [1.165, 1.54) is 4.90 Å². The van der Waals surface area contributed by atoms with Crippen molar-refractivity contribution in [2.75, 3.05) is 19.6 Å². The van der Waals surface area contributed by atoms with Crippen molar-refractivity contribution in [3.63, 3.8) is 0 Å². The van der Waals surface area contributed by atoms with Crippen LogP contribution in [0.25, 0.3) is 0 Å². The largest absolute Gasteiger partial charge is 0.480 e. The predicted octanol–water partition coefficient (Wildman–Crippen LogP) is -1.91. The first kappa shape index (κ1) is 26.1. The minimum atomic E-state index is -1.06. The van der Waals surface area contributed by atoms with Gasteiger partial charge < -0.3 is 37.8 Å². The van der Waals surface area contributed by atoms with Crippen LogP contribution in [0, 0.1) is 5.92 Å². The van der Waals surface area contributed by atoms with Crippen molar-refractivity contribution >= 4 is 29.7 Å². The van der Waals surface area contributed by atoms with Crippen LogP contribution >= 0.6 is 0 Å². The zero-order valence-corrected chi connectivity index (χ0v) is 18.2. The molecule has 0 aliphatic carbocycles. The van der Waals surface area contributed by atoms with Gasteiger partial charge in [-0.1, -0.05) is 13.8 Å². The molecule has 1 rings (SSSR count). The Hall–Kier alpha value is -2.89. The van der Waals surface area contributed by atoms with Crippen LogP contribution in [0.5, 0.6) is 0 Å². The van der Waals surface area contributed by atoms with Crippen molar-refractivity contribution in [1.82, 2.24) is 15.5 Å². The lowest BCUT2D eigenvalue weighted by atomic mass is 10.0. The lowest BCUT2D eigenvalue weighted by molar-refractivity contribution is -0.149. The number of carboxylic acid groups (broad SMARTS) is 1. The minimum absolute atomic E-state index is 0.0686. The Bertz CT molecular complexity index is 679. The average molecular weight is 442 g/mol. The normalized spacial score (nSPS) is 17.7. The molecule has 31 heavy (non-hydrogen) atoms. The fourth-order valence-electron chi connectivity index (χ4n) is 3.48. The van der Waals surface area contributed by atoms with Gasteiger partial charge in [-0.15, -0.1) is 0 Å². The van der Waals surface area contributed by atoms with Crippen molar-refractivity contribution in [2.24, 2.45) is 28.1 Å². The summed E-state index contributed by atoms with van der Waals surface area (Å²) in [6, 6.07) is -2.73. The molecule has 0 aromatic heterocycles. The molecule has 1 aliphatic heterocycles. The van der Waals surface area contributed by atoms with Crippen LogP contribution < -0.4 is 27.8 Å². The third-order valence-electron chi connectivity index (χ3n) is 4.93. The van der Waals surface area contributed by atoms with Crippen LogP contribution in [0.2, 0.25) is 0 Å². The Labute approximate surface area is 182 Å². The van der Waals surface area contributed by atoms with Gasteiger partial charge in [0.05, 0.1) is 6.54 Å². The average Bonchev–Trinajstić information content (AvgIpc) is 3.18. The zero-order chi connectivity index (χ0) is 23.6. The number of likely N-dealkylation sites (tertiary alicyclic amines) is 1. The van der Waals surface area contributed by atoms with E-state index < -0.39 is 41.8 Å². The summed E-state index contributed by atoms with van der Waals surface area (Å²) in [5, 5.41) is 14.6. The molecule has 0 spiro atoms. The molecule has 9 N–H and O–H groups in total. The number of nitrogens with two attached hydrogens (primary N) is 3. The van der Waals surface area contributed by atoms with E-state index in [9.17, 15) is 24.3 Å². The molecule has 1 fully saturated rings. The van der Waals surface area contributed by atoms with Gasteiger partial charge in [0, 0.05) is 13.1 Å². The van der Waals surface area contributed by atoms with Gasteiger partial charge in [0.1, 0.15) is 18.1 Å². The first-order valence-electron chi connectivity index (χ1n) is 10.4. The monoisotopic (exact) mass is 441 g/mol. The number of rotatable bonds is 12. The summed E-state index contributed by atoms with van der Waals surface area (Å²) in [5.74, 6) is -2.56. The van der Waals surface area contributed by atoms with E-state index in [4.69, 9.17) is 17.2 Å². The number of aliphatic imine (C=N–C) groups is 1. The summed E-state index contributed by atoms with van der Waals surface area (Å²) in [7, 11) is 0. The molecule has 3 amide bonds. The van der Waals surface area contributed by atoms with Crippen molar-refractivity contribution in [1.29, 1.82) is 0 Å². The number of carbonyl (C=O) groups excluding carboxylic acids is 3. The van der Waals surface area contributed by atoms with Crippen molar-refractivity contribution in [2.45, 2.75) is 64.1 Å². The smallest absolute Gasteiger partial charge is 0.326 e. The number of hydrogen-bond acceptors (Lipinski definition) is 6. The summed E-state index contributed by atoms with van der Waals surface area (Å²) in [6.45, 7) is 4.10. The molecule has 0 bridgehead atoms. The van der Waals surface area contributed by atoms with Crippen LogP contribution in [-0.2, 0) is 19.2 Å². The fourth-order valence-corrected chi connectivity index (χ4v) is 3.48. The van der Waals surface area contributed by atoms with E-state index in [2.05, 4.69) is 15.6 Å². The quantitative estimate of drug-likeness (QED) is 0.114. The van der Waals surface area contributed by atoms with E-state index >= 15 is 0 Å². The Morgan fingerprint density at radius 2 is 1.84 bits per heavy atom. The number of carboxylic acids is 1. The number of nitrogens with one attached hydrogen (secondary N) is 2. The standard InChI is InChI=1S/C19H35N7O5/c1-11(2)9-13(17(29)26-8-4-6-14(26)18(30)31)25-16(28)12(24-15(27)10-20)5-3-7-23-19(21)22/h11-14H,3-10,20H2,1-2H3,(H,24,27)(H,25,28)(H,30,31)(H4,21,22,23). The number of nitrogens with zero attached hydrogens (tertiary/aromatic N) is 2. The van der Waals surface area contributed by atoms with Gasteiger partial charge in [-0.2, -0.15) is 0 Å². The Balaban J connectivity index is 2.93. The summed E-state index contributed by atoms with van der Waals surface area (Å²) in [4.78, 5) is 54.4. The fraction of sp³-hybridized carbons (Fsp3) is 0.737. The maximum Gasteiger partial charge on any atom is 0.326 e. The molecule has 1 aliphatic rings. The maximum absolute atomic E-state index is 13.1. The van der Waals surface area contributed by atoms with Gasteiger partial charge in [-0.05, 0) is 38.0 Å². The molecule has 1 heterocycles. The predicted molar refractivity (Wildman–Crippen MR) is 115 cm³/mol. The molecule has 0 aromatic carbocycles. The molecule has 0 radical (unpaired) electrons. The van der Waals surface area contributed by atoms with Crippen LogP contribution in [-0.4, -0.2) is 77.4 Å². The Kier molecular flexibility index (Phi) is 10.7. The summed E-state index contributed by atoms with van der Waals surface area (Å²) in [5.41, 5.74) is 15.9. The van der Waals surface area contributed by atoms with Gasteiger partial charge in [-0.25, -0.2) is 4.79 Å². The second-order valence-electron chi connectivity index (χ2n) is 7.99. The molecule has 3 unspecified atom stereocenters. The molecule has 12 heteroatoms. The van der Waals surface area contributed by atoms with Gasteiger partial charge in [-0.3, -0.25) is 19.4 Å². The SMILES string of the molecule is CC(C)CC(NC(=O)C(CCCN=C(N)N)NC(=O)CN)C(=O)N1CCCC1C(=O)O. The molecule has 0 aromatic rings. The maximum atomic E-state index is 13.1. The summed E-state index contributed by atoms with van der Waals surface area (Å²) in [6.07, 6.45) is 1.95. The number of guanidine groups is 1. The zero-order valence-electron chi connectivity index (χ0n) is 18.2. The third-order valence-corrected chi connectivity index (χ3v) is 4.93. The van der Waals surface area contributed by atoms with Crippen LogP contribution in [0.1, 0.15) is 46.0 Å². The van der Waals surface area contributed by atoms with Crippen LogP contribution in [0.15, 0.2) is 4.99 Å². The Morgan fingerprint density at radius 1 is 1.16 bits per heavy atom. The summed E-state index contributed by atoms with van der Waals surface area (Å²) >= 11 is 0. The highest BCUT2D eigenvalue weighted by atomic mass is 16.4. The van der Waals surface area contributed by atoms with Crippen LogP contribution in [0.3, 0.4) is 0 Å². The van der Waals surface area contributed by atoms with Gasteiger partial charge in [0.25, 0.3) is 0 Å². The van der Waals surface area contributed by atoms with Crippen molar-refractivity contribution in [3.05, 3.63) is 0 Å². The van der Waals surface area contributed by atoms with E-state index in [-0.39, 0.29) is 31.4 Å². The highest BCUT2D eigenvalue weighted by Crippen LogP contribution is 2.20. The molecule has 12 nitrogen and oxygen atoms in total. The molecular weight excluding hydrogens is 406 g/mol. The second-order valence-corrected chi connectivity index (χ2v) is 7.99. The minimum Gasteiger partial charge on any atom is -0.480 e. The first-order valence-corrected chi connectivity index (χ1v) is 10.4. The van der Waals surface area contributed by atoms with Gasteiger partial charge in [0.15, 0.2) is 5.96 Å². The van der Waals surface area contributed by atoms with Crippen molar-refractivity contribution in [3.8, 4) is 0 Å². The molecule has 1 saturated heterocycles. The number of carbonyl (C=O) groups is 4. The molecule has 0 saturated carbocycles. The molecule has 176 valence electrons. The molecule has 3 atom stereocenters. The number of amides is 3. The Morgan fingerprint density at radius 3 is 2.39 bits per heavy atom. The van der Waals surface area contributed by atoms with E-state index in [0.29, 0.717) is 32.2 Å². The third kappa shape index (κ3) is 8.79. The highest BCUT2D eigenvalue weighted by Gasteiger charge is 2.38. The van der Waals surface area contributed by atoms with E-state index in [0.717, 1.165) is 0 Å². The lowest BCUT2D eigenvalue weighted by Crippen LogP contribution is -2.56. The second kappa shape index (κ2) is 12.7. The molecular formula is C19H35N7O5. The van der Waals surface area contributed by atoms with E-state index in [1.807, 2.05) is 13.8 Å². The summed E-state index contributed by atoms with van der Waals surface area (Å²) < 4.78 is 0. The van der Waals surface area contributed by atoms with E-state index in [1.54, 1.807) is 0 Å². The van der Waals surface area contributed by atoms with Gasteiger partial charge in [0.2, 0.25) is 17.7 Å². The number of aliphatic carboxylic acids is 1. The number of hydrogen-bond donors (Lipinski definition) is 6. The van der Waals surface area contributed by atoms with Crippen LogP contribution in [0.4, 0.5) is 0 Å².